The van der Waals surface area contributed by atoms with Crippen molar-refractivity contribution >= 4 is 11.9 Å². The number of esters is 1. The van der Waals surface area contributed by atoms with Crippen molar-refractivity contribution in [2.45, 2.75) is 45.3 Å². The van der Waals surface area contributed by atoms with Gasteiger partial charge < -0.3 is 20.4 Å². The number of hydrogen-bond acceptors (Lipinski definition) is 5. The maximum absolute atomic E-state index is 11.1. The van der Waals surface area contributed by atoms with Crippen molar-refractivity contribution in [3.05, 3.63) is 0 Å². The molecule has 14 heavy (non-hydrogen) atoms. The predicted octanol–water partition coefficient (Wildman–Crippen LogP) is -0.814. The summed E-state index contributed by atoms with van der Waals surface area (Å²) in [5, 5.41) is 10.2. The van der Waals surface area contributed by atoms with Crippen molar-refractivity contribution in [3.63, 3.8) is 0 Å². The quantitative estimate of drug-likeness (QED) is 0.601. The molecule has 82 valence electrons. The van der Waals surface area contributed by atoms with Crippen LogP contribution in [0, 0.1) is 0 Å². The smallest absolute Gasteiger partial charge is 0.306 e. The lowest BCUT2D eigenvalue weighted by molar-refractivity contribution is -0.307. The fraction of sp³-hybridized carbons (Fsp3) is 0.778. The number of carbonyl (C=O) groups excluding carboxylic acids is 2. The van der Waals surface area contributed by atoms with E-state index in [1.165, 1.54) is 0 Å². The van der Waals surface area contributed by atoms with E-state index >= 15 is 0 Å². The van der Waals surface area contributed by atoms with Gasteiger partial charge in [0.05, 0.1) is 5.97 Å². The lowest BCUT2D eigenvalue weighted by atomic mass is 10.1. The average molecular weight is 202 g/mol. The van der Waals surface area contributed by atoms with Gasteiger partial charge in [0.15, 0.2) is 0 Å². The number of carbonyl (C=O) groups is 2. The summed E-state index contributed by atoms with van der Waals surface area (Å²) in [6.07, 6.45) is 0.0314. The van der Waals surface area contributed by atoms with Gasteiger partial charge in [0.2, 0.25) is 0 Å². The van der Waals surface area contributed by atoms with Crippen molar-refractivity contribution < 1.29 is 19.4 Å². The molecule has 0 aromatic carbocycles. The van der Waals surface area contributed by atoms with Crippen LogP contribution in [-0.4, -0.2) is 23.6 Å². The molecule has 0 unspecified atom stereocenters. The first-order valence-electron chi connectivity index (χ1n) is 4.40. The predicted molar refractivity (Wildman–Crippen MR) is 48.1 cm³/mol. The van der Waals surface area contributed by atoms with Gasteiger partial charge in [-0.2, -0.15) is 0 Å². The number of carboxylic acid groups (broad SMARTS) is 1. The van der Waals surface area contributed by atoms with Crippen LogP contribution in [0.15, 0.2) is 0 Å². The van der Waals surface area contributed by atoms with Crippen molar-refractivity contribution in [1.82, 2.24) is 0 Å². The van der Waals surface area contributed by atoms with Crippen molar-refractivity contribution in [1.29, 1.82) is 0 Å². The minimum absolute atomic E-state index is 0.00752. The molecule has 5 heteroatoms. The van der Waals surface area contributed by atoms with Gasteiger partial charge in [-0.25, -0.2) is 0 Å². The van der Waals surface area contributed by atoms with Gasteiger partial charge in [0, 0.05) is 12.5 Å². The Morgan fingerprint density at radius 2 is 1.93 bits per heavy atom. The first kappa shape index (κ1) is 12.9. The second kappa shape index (κ2) is 4.95. The van der Waals surface area contributed by atoms with E-state index in [4.69, 9.17) is 10.5 Å². The first-order valence-corrected chi connectivity index (χ1v) is 4.40. The number of carboxylic acids is 1. The molecular formula is C9H16NO4-. The highest BCUT2D eigenvalue weighted by Crippen LogP contribution is 2.09. The molecule has 5 nitrogen and oxygen atoms in total. The summed E-state index contributed by atoms with van der Waals surface area (Å²) in [7, 11) is 0. The zero-order valence-electron chi connectivity index (χ0n) is 8.70. The third kappa shape index (κ3) is 6.42. The number of rotatable bonds is 4. The average Bonchev–Trinajstić information content (AvgIpc) is 1.96. The molecule has 1 atom stereocenters. The molecule has 0 fully saturated rings. The molecular weight excluding hydrogens is 186 g/mol. The maximum atomic E-state index is 11.1. The van der Waals surface area contributed by atoms with Crippen LogP contribution in [0.5, 0.6) is 0 Å². The molecule has 0 aromatic rings. The Hall–Kier alpha value is -1.10. The summed E-state index contributed by atoms with van der Waals surface area (Å²) in [6, 6.07) is -1.11. The summed E-state index contributed by atoms with van der Waals surface area (Å²) in [4.78, 5) is 21.3. The van der Waals surface area contributed by atoms with Crippen LogP contribution in [0.25, 0.3) is 0 Å². The fourth-order valence-corrected chi connectivity index (χ4v) is 0.784. The molecule has 0 bridgehead atoms. The lowest BCUT2D eigenvalue weighted by Crippen LogP contribution is -2.42. The zero-order valence-corrected chi connectivity index (χ0v) is 8.70. The molecule has 0 spiro atoms. The third-order valence-corrected chi connectivity index (χ3v) is 1.38. The summed E-state index contributed by atoms with van der Waals surface area (Å²) < 4.78 is 4.96. The highest BCUT2D eigenvalue weighted by molar-refractivity contribution is 5.74. The van der Waals surface area contributed by atoms with E-state index in [0.29, 0.717) is 0 Å². The second-order valence-corrected chi connectivity index (χ2v) is 4.05. The van der Waals surface area contributed by atoms with E-state index in [2.05, 4.69) is 0 Å². The SMILES string of the molecule is CC(C)(C)OC(=O)CC[C@H](N)C(=O)[O-]. The normalized spacial score (nSPS) is 13.4. The van der Waals surface area contributed by atoms with Gasteiger partial charge in [-0.15, -0.1) is 0 Å². The fourth-order valence-electron chi connectivity index (χ4n) is 0.784. The van der Waals surface area contributed by atoms with Crippen LogP contribution in [0.3, 0.4) is 0 Å². The highest BCUT2D eigenvalue weighted by atomic mass is 16.6. The van der Waals surface area contributed by atoms with Crippen LogP contribution < -0.4 is 10.8 Å². The summed E-state index contributed by atoms with van der Waals surface area (Å²) in [6.45, 7) is 5.22. The van der Waals surface area contributed by atoms with Gasteiger partial charge in [-0.3, -0.25) is 4.79 Å². The molecule has 0 saturated carbocycles. The van der Waals surface area contributed by atoms with Gasteiger partial charge in [-0.1, -0.05) is 0 Å². The highest BCUT2D eigenvalue weighted by Gasteiger charge is 2.16. The Kier molecular flexibility index (Phi) is 4.56. The molecule has 0 aromatic heterocycles. The van der Waals surface area contributed by atoms with Crippen LogP contribution in [-0.2, 0) is 14.3 Å². The Morgan fingerprint density at radius 1 is 1.43 bits per heavy atom. The van der Waals surface area contributed by atoms with Gasteiger partial charge in [0.25, 0.3) is 0 Å². The van der Waals surface area contributed by atoms with E-state index in [1.807, 2.05) is 0 Å². The minimum atomic E-state index is -1.35. The number of ether oxygens (including phenoxy) is 1. The van der Waals surface area contributed by atoms with Gasteiger partial charge in [-0.05, 0) is 27.2 Å². The topological polar surface area (TPSA) is 92.5 Å². The third-order valence-electron chi connectivity index (χ3n) is 1.38. The van der Waals surface area contributed by atoms with Crippen molar-refractivity contribution in [2.75, 3.05) is 0 Å². The van der Waals surface area contributed by atoms with Crippen molar-refractivity contribution in [3.8, 4) is 0 Å². The molecule has 0 aliphatic heterocycles. The first-order chi connectivity index (χ1) is 6.22. The second-order valence-electron chi connectivity index (χ2n) is 4.05. The molecule has 0 aliphatic rings. The summed E-state index contributed by atoms with van der Waals surface area (Å²) >= 11 is 0. The summed E-state index contributed by atoms with van der Waals surface area (Å²) in [5.41, 5.74) is 4.61. The Morgan fingerprint density at radius 3 is 2.29 bits per heavy atom. The largest absolute Gasteiger partial charge is 0.548 e. The van der Waals surface area contributed by atoms with Crippen LogP contribution in [0.1, 0.15) is 33.6 Å². The van der Waals surface area contributed by atoms with Crippen LogP contribution in [0.4, 0.5) is 0 Å². The van der Waals surface area contributed by atoms with Crippen LogP contribution in [0.2, 0.25) is 0 Å². The number of nitrogens with two attached hydrogens (primary N) is 1. The molecule has 0 rings (SSSR count). The molecule has 0 radical (unpaired) electrons. The maximum Gasteiger partial charge on any atom is 0.306 e. The zero-order chi connectivity index (χ0) is 11.4. The Balaban J connectivity index is 3.81. The molecule has 0 saturated heterocycles. The number of aliphatic carboxylic acids is 1. The molecule has 0 heterocycles. The lowest BCUT2D eigenvalue weighted by Gasteiger charge is -2.20. The Labute approximate surface area is 83.2 Å². The molecule has 2 N–H and O–H groups in total. The monoisotopic (exact) mass is 202 g/mol. The van der Waals surface area contributed by atoms with E-state index in [1.54, 1.807) is 20.8 Å². The summed E-state index contributed by atoms with van der Waals surface area (Å²) in [5.74, 6) is -1.80. The van der Waals surface area contributed by atoms with E-state index < -0.39 is 23.6 Å². The van der Waals surface area contributed by atoms with Gasteiger partial charge >= 0.3 is 5.97 Å². The minimum Gasteiger partial charge on any atom is -0.548 e. The standard InChI is InChI=1S/C9H17NO4/c1-9(2,3)14-7(11)5-4-6(10)8(12)13/h6H,4-5,10H2,1-3H3,(H,12,13)/p-1/t6-/m0/s1. The van der Waals surface area contributed by atoms with Gasteiger partial charge in [0.1, 0.15) is 5.60 Å². The van der Waals surface area contributed by atoms with E-state index in [-0.39, 0.29) is 12.8 Å². The van der Waals surface area contributed by atoms with E-state index in [0.717, 1.165) is 0 Å². The molecule has 0 amide bonds. The van der Waals surface area contributed by atoms with Crippen LogP contribution >= 0.6 is 0 Å². The van der Waals surface area contributed by atoms with Crippen molar-refractivity contribution in [2.24, 2.45) is 5.73 Å². The van der Waals surface area contributed by atoms with E-state index in [9.17, 15) is 14.7 Å². The number of hydrogen-bond donors (Lipinski definition) is 1. The molecule has 0 aliphatic carbocycles. The Bertz CT molecular complexity index is 219.